The number of pyridine rings is 1. The number of rotatable bonds is 2. The van der Waals surface area contributed by atoms with E-state index in [0.717, 1.165) is 23.4 Å². The minimum absolute atomic E-state index is 0.327. The van der Waals surface area contributed by atoms with Crippen molar-refractivity contribution in [2.24, 2.45) is 0 Å². The second kappa shape index (κ2) is 3.41. The Morgan fingerprint density at radius 3 is 2.83 bits per heavy atom. The molecule has 0 aromatic carbocycles. The molecule has 0 bridgehead atoms. The van der Waals surface area contributed by atoms with Crippen LogP contribution in [-0.4, -0.2) is 24.2 Å². The van der Waals surface area contributed by atoms with Gasteiger partial charge in [-0.25, -0.2) is 4.98 Å². The number of ether oxygens (including phenoxy) is 1. The van der Waals surface area contributed by atoms with Gasteiger partial charge in [0.05, 0.1) is 6.20 Å². The zero-order chi connectivity index (χ0) is 8.39. The van der Waals surface area contributed by atoms with E-state index in [1.54, 1.807) is 6.20 Å². The molecule has 64 valence electrons. The average molecular weight is 229 g/mol. The van der Waals surface area contributed by atoms with E-state index in [1.807, 2.05) is 12.1 Å². The molecule has 1 aromatic rings. The molecule has 0 amide bonds. The van der Waals surface area contributed by atoms with Crippen LogP contribution in [0, 0.1) is 0 Å². The summed E-state index contributed by atoms with van der Waals surface area (Å²) in [6.07, 6.45) is 2.05. The van der Waals surface area contributed by atoms with Crippen LogP contribution in [0.3, 0.4) is 0 Å². The summed E-state index contributed by atoms with van der Waals surface area (Å²) in [7, 11) is 0. The standard InChI is InChI=1S/C8H9BrN2O/c9-8-2-1-6(5-11-8)12-7-3-10-4-7/h1-2,5,7,10H,3-4H2. The molecule has 1 saturated heterocycles. The third-order valence-electron chi connectivity index (χ3n) is 1.75. The van der Waals surface area contributed by atoms with E-state index in [-0.39, 0.29) is 0 Å². The largest absolute Gasteiger partial charge is 0.486 e. The van der Waals surface area contributed by atoms with Crippen molar-refractivity contribution in [2.45, 2.75) is 6.10 Å². The summed E-state index contributed by atoms with van der Waals surface area (Å²) in [5.74, 6) is 0.838. The first-order valence-electron chi connectivity index (χ1n) is 3.83. The molecular weight excluding hydrogens is 220 g/mol. The fraction of sp³-hybridized carbons (Fsp3) is 0.375. The van der Waals surface area contributed by atoms with E-state index in [0.29, 0.717) is 6.10 Å². The van der Waals surface area contributed by atoms with Gasteiger partial charge in [-0.1, -0.05) is 0 Å². The second-order valence-electron chi connectivity index (χ2n) is 2.71. The highest BCUT2D eigenvalue weighted by Gasteiger charge is 2.17. The Bertz CT molecular complexity index is 258. The summed E-state index contributed by atoms with van der Waals surface area (Å²) in [4.78, 5) is 4.06. The van der Waals surface area contributed by atoms with Gasteiger partial charge in [0, 0.05) is 13.1 Å². The van der Waals surface area contributed by atoms with Gasteiger partial charge in [0.2, 0.25) is 0 Å². The molecule has 1 aliphatic rings. The third-order valence-corrected chi connectivity index (χ3v) is 2.22. The molecule has 0 atom stereocenters. The van der Waals surface area contributed by atoms with Crippen molar-refractivity contribution in [1.29, 1.82) is 0 Å². The molecule has 4 heteroatoms. The highest BCUT2D eigenvalue weighted by molar-refractivity contribution is 9.10. The average Bonchev–Trinajstić information content (AvgIpc) is 2.00. The van der Waals surface area contributed by atoms with Crippen molar-refractivity contribution in [3.05, 3.63) is 22.9 Å². The number of nitrogens with one attached hydrogen (secondary N) is 1. The van der Waals surface area contributed by atoms with E-state index < -0.39 is 0 Å². The Morgan fingerprint density at radius 1 is 1.50 bits per heavy atom. The van der Waals surface area contributed by atoms with Crippen molar-refractivity contribution < 1.29 is 4.74 Å². The maximum absolute atomic E-state index is 5.56. The SMILES string of the molecule is Brc1ccc(OC2CNC2)cn1. The predicted molar refractivity (Wildman–Crippen MR) is 49.2 cm³/mol. The van der Waals surface area contributed by atoms with Gasteiger partial charge in [0.15, 0.2) is 0 Å². The normalized spacial score (nSPS) is 17.1. The van der Waals surface area contributed by atoms with E-state index in [9.17, 15) is 0 Å². The Hall–Kier alpha value is -0.610. The predicted octanol–water partition coefficient (Wildman–Crippen LogP) is 1.19. The lowest BCUT2D eigenvalue weighted by Gasteiger charge is -2.27. The van der Waals surface area contributed by atoms with Crippen LogP contribution in [-0.2, 0) is 0 Å². The number of nitrogens with zero attached hydrogens (tertiary/aromatic N) is 1. The zero-order valence-corrected chi connectivity index (χ0v) is 8.04. The number of hydrogen-bond donors (Lipinski definition) is 1. The van der Waals surface area contributed by atoms with Crippen LogP contribution in [0.15, 0.2) is 22.9 Å². The molecule has 2 rings (SSSR count). The highest BCUT2D eigenvalue weighted by Crippen LogP contribution is 2.14. The summed E-state index contributed by atoms with van der Waals surface area (Å²) >= 11 is 3.26. The van der Waals surface area contributed by atoms with Gasteiger partial charge in [-0.2, -0.15) is 0 Å². The summed E-state index contributed by atoms with van der Waals surface area (Å²) in [5, 5.41) is 3.14. The zero-order valence-electron chi connectivity index (χ0n) is 6.46. The summed E-state index contributed by atoms with van der Waals surface area (Å²) in [5.41, 5.74) is 0. The Labute approximate surface area is 79.3 Å². The van der Waals surface area contributed by atoms with Crippen molar-refractivity contribution in [3.63, 3.8) is 0 Å². The molecule has 2 heterocycles. The van der Waals surface area contributed by atoms with Gasteiger partial charge in [0.1, 0.15) is 16.5 Å². The molecule has 0 spiro atoms. The van der Waals surface area contributed by atoms with E-state index >= 15 is 0 Å². The molecule has 1 fully saturated rings. The molecule has 0 aliphatic carbocycles. The second-order valence-corrected chi connectivity index (χ2v) is 3.53. The maximum Gasteiger partial charge on any atom is 0.138 e. The van der Waals surface area contributed by atoms with E-state index in [2.05, 4.69) is 26.2 Å². The molecule has 1 aromatic heterocycles. The van der Waals surface area contributed by atoms with Gasteiger partial charge in [-0.15, -0.1) is 0 Å². The minimum atomic E-state index is 0.327. The number of halogens is 1. The lowest BCUT2D eigenvalue weighted by molar-refractivity contribution is 0.141. The van der Waals surface area contributed by atoms with Crippen molar-refractivity contribution in [1.82, 2.24) is 10.3 Å². The van der Waals surface area contributed by atoms with Crippen LogP contribution in [0.1, 0.15) is 0 Å². The molecule has 0 unspecified atom stereocenters. The lowest BCUT2D eigenvalue weighted by atomic mass is 10.2. The van der Waals surface area contributed by atoms with Crippen molar-refractivity contribution in [2.75, 3.05) is 13.1 Å². The van der Waals surface area contributed by atoms with Gasteiger partial charge in [0.25, 0.3) is 0 Å². The number of hydrogen-bond acceptors (Lipinski definition) is 3. The van der Waals surface area contributed by atoms with Gasteiger partial charge in [-0.05, 0) is 28.1 Å². The maximum atomic E-state index is 5.56. The topological polar surface area (TPSA) is 34.1 Å². The van der Waals surface area contributed by atoms with E-state index in [4.69, 9.17) is 4.74 Å². The summed E-state index contributed by atoms with van der Waals surface area (Å²) in [6.45, 7) is 1.88. The van der Waals surface area contributed by atoms with Crippen LogP contribution < -0.4 is 10.1 Å². The first-order chi connectivity index (χ1) is 5.84. The van der Waals surface area contributed by atoms with Crippen LogP contribution in [0.2, 0.25) is 0 Å². The monoisotopic (exact) mass is 228 g/mol. The lowest BCUT2D eigenvalue weighted by Crippen LogP contribution is -2.50. The first-order valence-corrected chi connectivity index (χ1v) is 4.63. The van der Waals surface area contributed by atoms with Crippen LogP contribution >= 0.6 is 15.9 Å². The number of aromatic nitrogens is 1. The summed E-state index contributed by atoms with van der Waals surface area (Å²) in [6, 6.07) is 3.79. The van der Waals surface area contributed by atoms with E-state index in [1.165, 1.54) is 0 Å². The Morgan fingerprint density at radius 2 is 2.33 bits per heavy atom. The molecule has 1 aliphatic heterocycles. The molecule has 1 N–H and O–H groups in total. The summed E-state index contributed by atoms with van der Waals surface area (Å²) < 4.78 is 6.39. The fourth-order valence-electron chi connectivity index (χ4n) is 0.970. The quantitative estimate of drug-likeness (QED) is 0.773. The first kappa shape index (κ1) is 8.01. The van der Waals surface area contributed by atoms with Crippen LogP contribution in [0.5, 0.6) is 5.75 Å². The van der Waals surface area contributed by atoms with Crippen LogP contribution in [0.4, 0.5) is 0 Å². The molecule has 12 heavy (non-hydrogen) atoms. The Kier molecular flexibility index (Phi) is 2.28. The van der Waals surface area contributed by atoms with Crippen molar-refractivity contribution >= 4 is 15.9 Å². The minimum Gasteiger partial charge on any atom is -0.486 e. The van der Waals surface area contributed by atoms with Gasteiger partial charge in [-0.3, -0.25) is 0 Å². The van der Waals surface area contributed by atoms with Gasteiger partial charge >= 0.3 is 0 Å². The fourth-order valence-corrected chi connectivity index (χ4v) is 1.20. The molecule has 0 saturated carbocycles. The molecule has 0 radical (unpaired) electrons. The van der Waals surface area contributed by atoms with Gasteiger partial charge < -0.3 is 10.1 Å². The third kappa shape index (κ3) is 1.76. The highest BCUT2D eigenvalue weighted by atomic mass is 79.9. The van der Waals surface area contributed by atoms with Crippen LogP contribution in [0.25, 0.3) is 0 Å². The smallest absolute Gasteiger partial charge is 0.138 e. The Balaban J connectivity index is 1.98. The molecular formula is C8H9BrN2O. The molecule has 3 nitrogen and oxygen atoms in total. The van der Waals surface area contributed by atoms with Crippen molar-refractivity contribution in [3.8, 4) is 5.75 Å².